The summed E-state index contributed by atoms with van der Waals surface area (Å²) in [6.45, 7) is 2.14. The van der Waals surface area contributed by atoms with Gasteiger partial charge in [-0.3, -0.25) is 11.3 Å². The van der Waals surface area contributed by atoms with Crippen LogP contribution in [0.2, 0.25) is 0 Å². The number of methoxy groups -OCH3 is 1. The third kappa shape index (κ3) is 3.89. The van der Waals surface area contributed by atoms with Crippen molar-refractivity contribution in [3.8, 4) is 0 Å². The zero-order valence-corrected chi connectivity index (χ0v) is 10.7. The van der Waals surface area contributed by atoms with Crippen LogP contribution in [0.4, 0.5) is 0 Å². The Morgan fingerprint density at radius 3 is 2.75 bits per heavy atom. The van der Waals surface area contributed by atoms with Crippen LogP contribution in [-0.2, 0) is 4.74 Å². The van der Waals surface area contributed by atoms with E-state index in [2.05, 4.69) is 18.4 Å². The van der Waals surface area contributed by atoms with Crippen LogP contribution in [0.3, 0.4) is 0 Å². The fraction of sp³-hybridized carbons (Fsp3) is 0.846. The molecule has 0 aromatic carbocycles. The fourth-order valence-corrected chi connectivity index (χ4v) is 2.49. The predicted molar refractivity (Wildman–Crippen MR) is 68.0 cm³/mol. The van der Waals surface area contributed by atoms with Gasteiger partial charge in [-0.1, -0.05) is 31.4 Å². The van der Waals surface area contributed by atoms with E-state index in [0.717, 1.165) is 12.8 Å². The second kappa shape index (κ2) is 7.82. The molecule has 0 saturated heterocycles. The number of allylic oxidation sites excluding steroid dienone is 1. The van der Waals surface area contributed by atoms with Crippen molar-refractivity contribution in [2.24, 2.45) is 5.84 Å². The third-order valence-corrected chi connectivity index (χ3v) is 3.48. The number of hydrogen-bond acceptors (Lipinski definition) is 3. The van der Waals surface area contributed by atoms with Crippen LogP contribution >= 0.6 is 0 Å². The summed E-state index contributed by atoms with van der Waals surface area (Å²) in [6, 6.07) is 0.188. The van der Waals surface area contributed by atoms with Gasteiger partial charge in [0.05, 0.1) is 12.1 Å². The molecule has 0 saturated carbocycles. The highest BCUT2D eigenvalue weighted by atomic mass is 16.5. The molecule has 2 atom stereocenters. The average Bonchev–Trinajstić information content (AvgIpc) is 2.26. The first-order valence-electron chi connectivity index (χ1n) is 6.51. The lowest BCUT2D eigenvalue weighted by Gasteiger charge is -2.28. The van der Waals surface area contributed by atoms with E-state index in [0.29, 0.717) is 0 Å². The summed E-state index contributed by atoms with van der Waals surface area (Å²) in [4.78, 5) is 0. The first-order valence-corrected chi connectivity index (χ1v) is 6.51. The number of hydrogen-bond donors (Lipinski definition) is 2. The lowest BCUT2D eigenvalue weighted by Crippen LogP contribution is -2.46. The van der Waals surface area contributed by atoms with Crippen LogP contribution in [0.25, 0.3) is 0 Å². The number of ether oxygens (including phenoxy) is 1. The molecule has 94 valence electrons. The van der Waals surface area contributed by atoms with E-state index in [1.54, 1.807) is 7.11 Å². The summed E-state index contributed by atoms with van der Waals surface area (Å²) in [5.74, 6) is 5.67. The second-order valence-electron chi connectivity index (χ2n) is 4.56. The van der Waals surface area contributed by atoms with Crippen LogP contribution in [0, 0.1) is 0 Å². The first-order chi connectivity index (χ1) is 7.83. The summed E-state index contributed by atoms with van der Waals surface area (Å²) >= 11 is 0. The lowest BCUT2D eigenvalue weighted by atomic mass is 9.91. The van der Waals surface area contributed by atoms with Crippen molar-refractivity contribution < 1.29 is 4.74 Å². The minimum Gasteiger partial charge on any atom is -0.379 e. The van der Waals surface area contributed by atoms with E-state index in [-0.39, 0.29) is 12.1 Å². The van der Waals surface area contributed by atoms with E-state index in [4.69, 9.17) is 10.6 Å². The SMILES string of the molecule is CCC(OC)C(NN)C1=CCCCCCC1. The van der Waals surface area contributed by atoms with Crippen LogP contribution in [0.1, 0.15) is 51.9 Å². The molecule has 2 unspecified atom stereocenters. The van der Waals surface area contributed by atoms with Gasteiger partial charge in [0.1, 0.15) is 0 Å². The van der Waals surface area contributed by atoms with Gasteiger partial charge >= 0.3 is 0 Å². The molecule has 0 bridgehead atoms. The normalized spacial score (nSPS) is 21.8. The minimum absolute atomic E-state index is 0.188. The molecule has 0 aliphatic heterocycles. The highest BCUT2D eigenvalue weighted by Gasteiger charge is 2.22. The largest absolute Gasteiger partial charge is 0.379 e. The Kier molecular flexibility index (Phi) is 6.69. The highest BCUT2D eigenvalue weighted by molar-refractivity contribution is 5.13. The van der Waals surface area contributed by atoms with Crippen molar-refractivity contribution in [3.05, 3.63) is 11.6 Å². The van der Waals surface area contributed by atoms with Crippen LogP contribution < -0.4 is 11.3 Å². The van der Waals surface area contributed by atoms with Crippen LogP contribution in [-0.4, -0.2) is 19.3 Å². The summed E-state index contributed by atoms with van der Waals surface area (Å²) < 4.78 is 5.49. The fourth-order valence-electron chi connectivity index (χ4n) is 2.49. The molecule has 3 N–H and O–H groups in total. The van der Waals surface area contributed by atoms with Crippen molar-refractivity contribution >= 4 is 0 Å². The van der Waals surface area contributed by atoms with Crippen molar-refractivity contribution in [1.82, 2.24) is 5.43 Å². The summed E-state index contributed by atoms with van der Waals surface area (Å²) in [5, 5.41) is 0. The van der Waals surface area contributed by atoms with E-state index < -0.39 is 0 Å². The molecule has 16 heavy (non-hydrogen) atoms. The molecule has 1 aliphatic rings. The van der Waals surface area contributed by atoms with Gasteiger partial charge in [-0.2, -0.15) is 0 Å². The van der Waals surface area contributed by atoms with Crippen LogP contribution in [0.15, 0.2) is 11.6 Å². The topological polar surface area (TPSA) is 47.3 Å². The molecule has 0 fully saturated rings. The number of hydrazine groups is 1. The molecule has 0 radical (unpaired) electrons. The summed E-state index contributed by atoms with van der Waals surface area (Å²) in [6.07, 6.45) is 11.2. The van der Waals surface area contributed by atoms with Gasteiger partial charge in [0.15, 0.2) is 0 Å². The molecule has 0 spiro atoms. The number of nitrogens with one attached hydrogen (secondary N) is 1. The third-order valence-electron chi connectivity index (χ3n) is 3.48. The molecule has 0 aromatic rings. The van der Waals surface area contributed by atoms with Crippen molar-refractivity contribution in [2.75, 3.05) is 7.11 Å². The van der Waals surface area contributed by atoms with E-state index in [1.165, 1.54) is 37.7 Å². The molecule has 1 rings (SSSR count). The predicted octanol–water partition coefficient (Wildman–Crippen LogP) is 2.52. The Hall–Kier alpha value is -0.380. The van der Waals surface area contributed by atoms with Gasteiger partial charge < -0.3 is 4.74 Å². The first kappa shape index (κ1) is 13.7. The van der Waals surface area contributed by atoms with Gasteiger partial charge in [-0.05, 0) is 32.1 Å². The van der Waals surface area contributed by atoms with Gasteiger partial charge in [-0.25, -0.2) is 0 Å². The Morgan fingerprint density at radius 1 is 1.38 bits per heavy atom. The maximum Gasteiger partial charge on any atom is 0.0773 e. The zero-order valence-electron chi connectivity index (χ0n) is 10.7. The van der Waals surface area contributed by atoms with Gasteiger partial charge in [-0.15, -0.1) is 0 Å². The van der Waals surface area contributed by atoms with Gasteiger partial charge in [0.25, 0.3) is 0 Å². The Bertz CT molecular complexity index is 212. The number of nitrogens with two attached hydrogens (primary N) is 1. The second-order valence-corrected chi connectivity index (χ2v) is 4.56. The van der Waals surface area contributed by atoms with Crippen LogP contribution in [0.5, 0.6) is 0 Å². The van der Waals surface area contributed by atoms with E-state index in [1.807, 2.05) is 0 Å². The van der Waals surface area contributed by atoms with E-state index >= 15 is 0 Å². The molecule has 0 aromatic heterocycles. The smallest absolute Gasteiger partial charge is 0.0773 e. The summed E-state index contributed by atoms with van der Waals surface area (Å²) in [7, 11) is 1.77. The molecule has 0 heterocycles. The zero-order chi connectivity index (χ0) is 11.8. The van der Waals surface area contributed by atoms with Crippen molar-refractivity contribution in [3.63, 3.8) is 0 Å². The molecule has 3 heteroatoms. The van der Waals surface area contributed by atoms with Crippen molar-refractivity contribution in [1.29, 1.82) is 0 Å². The minimum atomic E-state index is 0.188. The molecule has 3 nitrogen and oxygen atoms in total. The maximum absolute atomic E-state index is 5.67. The Balaban J connectivity index is 2.67. The Morgan fingerprint density at radius 2 is 2.12 bits per heavy atom. The Labute approximate surface area is 99.4 Å². The van der Waals surface area contributed by atoms with E-state index in [9.17, 15) is 0 Å². The molecular formula is C13H26N2O. The highest BCUT2D eigenvalue weighted by Crippen LogP contribution is 2.22. The average molecular weight is 226 g/mol. The quantitative estimate of drug-likeness (QED) is 0.430. The molecule has 0 amide bonds. The molecular weight excluding hydrogens is 200 g/mol. The standard InChI is InChI=1S/C13H26N2O/c1-3-12(16-2)13(15-14)11-9-7-5-4-6-8-10-11/h9,12-13,15H,3-8,10,14H2,1-2H3. The van der Waals surface area contributed by atoms with Crippen molar-refractivity contribution in [2.45, 2.75) is 64.0 Å². The van der Waals surface area contributed by atoms with Gasteiger partial charge in [0.2, 0.25) is 0 Å². The number of rotatable bonds is 5. The lowest BCUT2D eigenvalue weighted by molar-refractivity contribution is 0.0746. The maximum atomic E-state index is 5.67. The molecule has 1 aliphatic carbocycles. The van der Waals surface area contributed by atoms with Gasteiger partial charge in [0, 0.05) is 7.11 Å². The monoisotopic (exact) mass is 226 g/mol. The summed E-state index contributed by atoms with van der Waals surface area (Å²) in [5.41, 5.74) is 4.37.